The van der Waals surface area contributed by atoms with Crippen LogP contribution >= 0.6 is 0 Å². The summed E-state index contributed by atoms with van der Waals surface area (Å²) in [4.78, 5) is 23.2. The molecule has 0 bridgehead atoms. The topological polar surface area (TPSA) is 129 Å². The summed E-state index contributed by atoms with van der Waals surface area (Å²) in [5, 5.41) is 24.3. The molecule has 0 radical (unpaired) electrons. The fourth-order valence-electron chi connectivity index (χ4n) is 3.56. The van der Waals surface area contributed by atoms with Gasteiger partial charge in [-0.15, -0.1) is 0 Å². The molecule has 0 unspecified atom stereocenters. The number of nitrogens with zero attached hydrogens (tertiary/aromatic N) is 1. The van der Waals surface area contributed by atoms with Crippen molar-refractivity contribution in [2.45, 2.75) is 0 Å². The maximum absolute atomic E-state index is 12.6. The fraction of sp³-hybridized carbons (Fsp3) is 0.148. The minimum atomic E-state index is -0.568. The molecule has 0 saturated heterocycles. The van der Waals surface area contributed by atoms with E-state index in [1.165, 1.54) is 52.7 Å². The maximum Gasteiger partial charge on any atom is 0.276 e. The number of hydrogen-bond acceptors (Lipinski definition) is 8. The van der Waals surface area contributed by atoms with Gasteiger partial charge >= 0.3 is 0 Å². The zero-order chi connectivity index (χ0) is 26.9. The second-order valence-corrected chi connectivity index (χ2v) is 7.55. The molecule has 10 heteroatoms. The zero-order valence-electron chi connectivity index (χ0n) is 20.7. The van der Waals surface area contributed by atoms with Gasteiger partial charge in [0.2, 0.25) is 11.7 Å². The van der Waals surface area contributed by atoms with Gasteiger partial charge in [-0.3, -0.25) is 14.9 Å². The van der Waals surface area contributed by atoms with E-state index in [0.29, 0.717) is 22.8 Å². The van der Waals surface area contributed by atoms with Crippen LogP contribution < -0.4 is 24.3 Å². The quantitative estimate of drug-likeness (QED) is 0.167. The highest BCUT2D eigenvalue weighted by Crippen LogP contribution is 2.39. The fourth-order valence-corrected chi connectivity index (χ4v) is 3.56. The zero-order valence-corrected chi connectivity index (χ0v) is 20.7. The average molecular weight is 507 g/mol. The number of ether oxygens (including phenoxy) is 4. The van der Waals surface area contributed by atoms with Gasteiger partial charge in [0.05, 0.1) is 44.6 Å². The number of phenolic OH excluding ortho intramolecular Hbond substituents is 1. The summed E-state index contributed by atoms with van der Waals surface area (Å²) < 4.78 is 21.3. The molecule has 1 amide bonds. The minimum Gasteiger partial charge on any atom is -0.504 e. The highest BCUT2D eigenvalue weighted by atomic mass is 16.6. The Bertz CT molecular complexity index is 1340. The molecule has 3 aromatic rings. The number of phenols is 1. The van der Waals surface area contributed by atoms with Gasteiger partial charge in [0.15, 0.2) is 23.0 Å². The molecule has 0 aromatic heterocycles. The predicted molar refractivity (Wildman–Crippen MR) is 140 cm³/mol. The molecule has 37 heavy (non-hydrogen) atoms. The third kappa shape index (κ3) is 6.37. The Morgan fingerprint density at radius 1 is 0.865 bits per heavy atom. The van der Waals surface area contributed by atoms with Crippen molar-refractivity contribution in [3.63, 3.8) is 0 Å². The Balaban J connectivity index is 1.88. The standard InChI is InChI=1S/C27H26N2O8/c1-34-23-15-18(16-24(35-2)27(23)37-4)10-9-17-13-20(26(36-3)22(30)14-17)28-25(31)12-11-19-7-5-6-8-21(19)29(32)33/h5-16,30H,1-4H3,(H,28,31)/b10-9+,12-11+. The molecule has 3 aromatic carbocycles. The monoisotopic (exact) mass is 506 g/mol. The number of anilines is 1. The van der Waals surface area contributed by atoms with Gasteiger partial charge in [-0.2, -0.15) is 0 Å². The normalized spacial score (nSPS) is 10.9. The van der Waals surface area contributed by atoms with Gasteiger partial charge in [-0.1, -0.05) is 24.3 Å². The Morgan fingerprint density at radius 2 is 1.46 bits per heavy atom. The summed E-state index contributed by atoms with van der Waals surface area (Å²) in [7, 11) is 5.92. The third-order valence-corrected chi connectivity index (χ3v) is 5.26. The number of methoxy groups -OCH3 is 4. The lowest BCUT2D eigenvalue weighted by atomic mass is 10.1. The van der Waals surface area contributed by atoms with Gasteiger partial charge in [0.25, 0.3) is 5.69 Å². The minimum absolute atomic E-state index is 0.0670. The molecule has 0 aliphatic heterocycles. The smallest absolute Gasteiger partial charge is 0.276 e. The second-order valence-electron chi connectivity index (χ2n) is 7.55. The molecule has 10 nitrogen and oxygen atoms in total. The van der Waals surface area contributed by atoms with Crippen LogP contribution in [0.2, 0.25) is 0 Å². The van der Waals surface area contributed by atoms with Gasteiger partial charge in [0, 0.05) is 12.1 Å². The first-order valence-electron chi connectivity index (χ1n) is 10.9. The highest BCUT2D eigenvalue weighted by Gasteiger charge is 2.15. The van der Waals surface area contributed by atoms with E-state index < -0.39 is 10.8 Å². The summed E-state index contributed by atoms with van der Waals surface area (Å²) in [6, 6.07) is 12.7. The van der Waals surface area contributed by atoms with Crippen LogP contribution in [0.3, 0.4) is 0 Å². The Kier molecular flexibility index (Phi) is 8.71. The number of hydrogen-bond donors (Lipinski definition) is 2. The summed E-state index contributed by atoms with van der Waals surface area (Å²) in [5.41, 5.74) is 1.66. The number of nitro groups is 1. The second kappa shape index (κ2) is 12.1. The SMILES string of the molecule is COc1cc(/C=C/c2cc(O)c(OC)c(NC(=O)/C=C/c3ccccc3[N+](=O)[O-])c2)cc(OC)c1OC. The van der Waals surface area contributed by atoms with Crippen molar-refractivity contribution in [3.05, 3.63) is 81.4 Å². The lowest BCUT2D eigenvalue weighted by Crippen LogP contribution is -2.09. The lowest BCUT2D eigenvalue weighted by molar-refractivity contribution is -0.385. The van der Waals surface area contributed by atoms with E-state index >= 15 is 0 Å². The molecule has 2 N–H and O–H groups in total. The molecule has 3 rings (SSSR count). The Hall–Kier alpha value is -4.99. The number of carbonyl (C=O) groups is 1. The van der Waals surface area contributed by atoms with Crippen molar-refractivity contribution in [1.82, 2.24) is 0 Å². The summed E-state index contributed by atoms with van der Waals surface area (Å²) >= 11 is 0. The van der Waals surface area contributed by atoms with E-state index in [1.54, 1.807) is 42.5 Å². The van der Waals surface area contributed by atoms with Crippen molar-refractivity contribution < 1.29 is 33.8 Å². The van der Waals surface area contributed by atoms with Crippen LogP contribution in [0, 0.1) is 10.1 Å². The lowest BCUT2D eigenvalue weighted by Gasteiger charge is -2.13. The summed E-state index contributed by atoms with van der Waals surface area (Å²) in [6.07, 6.45) is 6.00. The van der Waals surface area contributed by atoms with E-state index in [4.69, 9.17) is 18.9 Å². The Morgan fingerprint density at radius 3 is 2.03 bits per heavy atom. The van der Waals surface area contributed by atoms with Crippen molar-refractivity contribution in [3.8, 4) is 28.7 Å². The summed E-state index contributed by atoms with van der Waals surface area (Å²) in [6.45, 7) is 0. The number of carbonyl (C=O) groups excluding carboxylic acids is 1. The number of aromatic hydroxyl groups is 1. The van der Waals surface area contributed by atoms with Crippen LogP contribution in [0.5, 0.6) is 28.7 Å². The molecule has 0 atom stereocenters. The first-order chi connectivity index (χ1) is 17.8. The maximum atomic E-state index is 12.6. The molecule has 0 fully saturated rings. The average Bonchev–Trinajstić information content (AvgIpc) is 2.90. The third-order valence-electron chi connectivity index (χ3n) is 5.26. The van der Waals surface area contributed by atoms with Crippen molar-refractivity contribution in [2.75, 3.05) is 33.8 Å². The number of rotatable bonds is 10. The van der Waals surface area contributed by atoms with Crippen molar-refractivity contribution >= 4 is 35.5 Å². The van der Waals surface area contributed by atoms with Crippen molar-refractivity contribution in [1.29, 1.82) is 0 Å². The molecule has 0 aliphatic rings. The number of para-hydroxylation sites is 1. The molecule has 0 saturated carbocycles. The predicted octanol–water partition coefficient (Wildman–Crippen LogP) is 5.16. The molecule has 192 valence electrons. The van der Waals surface area contributed by atoms with Crippen LogP contribution in [0.15, 0.2) is 54.6 Å². The largest absolute Gasteiger partial charge is 0.504 e. The number of nitro benzene ring substituents is 1. The highest BCUT2D eigenvalue weighted by molar-refractivity contribution is 6.03. The van der Waals surface area contributed by atoms with Gasteiger partial charge < -0.3 is 29.4 Å². The van der Waals surface area contributed by atoms with E-state index in [9.17, 15) is 20.0 Å². The van der Waals surface area contributed by atoms with E-state index in [1.807, 2.05) is 0 Å². The number of amides is 1. The number of nitrogens with one attached hydrogen (secondary N) is 1. The van der Waals surface area contributed by atoms with Gasteiger partial charge in [0.1, 0.15) is 0 Å². The van der Waals surface area contributed by atoms with E-state index in [0.717, 1.165) is 11.6 Å². The Labute approximate surface area is 213 Å². The van der Waals surface area contributed by atoms with Gasteiger partial charge in [-0.25, -0.2) is 0 Å². The first kappa shape index (κ1) is 26.6. The van der Waals surface area contributed by atoms with Gasteiger partial charge in [-0.05, 0) is 47.5 Å². The van der Waals surface area contributed by atoms with Crippen LogP contribution in [-0.2, 0) is 4.79 Å². The summed E-state index contributed by atoms with van der Waals surface area (Å²) in [5.74, 6) is 0.740. The van der Waals surface area contributed by atoms with Crippen LogP contribution in [0.4, 0.5) is 11.4 Å². The van der Waals surface area contributed by atoms with E-state index in [-0.39, 0.29) is 28.4 Å². The molecule has 0 aliphatic carbocycles. The molecular weight excluding hydrogens is 480 g/mol. The van der Waals surface area contributed by atoms with E-state index in [2.05, 4.69) is 5.32 Å². The van der Waals surface area contributed by atoms with Crippen LogP contribution in [0.1, 0.15) is 16.7 Å². The van der Waals surface area contributed by atoms with Crippen LogP contribution in [0.25, 0.3) is 18.2 Å². The molecular formula is C27H26N2O8. The first-order valence-corrected chi connectivity index (χ1v) is 10.9. The number of benzene rings is 3. The molecule has 0 heterocycles. The molecule has 0 spiro atoms. The van der Waals surface area contributed by atoms with Crippen molar-refractivity contribution in [2.24, 2.45) is 0 Å². The van der Waals surface area contributed by atoms with Crippen LogP contribution in [-0.4, -0.2) is 44.4 Å².